The van der Waals surface area contributed by atoms with Gasteiger partial charge in [0.2, 0.25) is 5.91 Å². The Bertz CT molecular complexity index is 696. The molecule has 1 amide bonds. The molecule has 0 fully saturated rings. The van der Waals surface area contributed by atoms with Gasteiger partial charge in [0.25, 0.3) is 0 Å². The number of carboxylic acids is 1. The molecule has 0 spiro atoms. The second-order valence-corrected chi connectivity index (χ2v) is 4.23. The number of nitrogens with one attached hydrogen (secondary N) is 1. The van der Waals surface area contributed by atoms with Crippen molar-refractivity contribution in [1.82, 2.24) is 0 Å². The molecule has 0 aliphatic carbocycles. The molecule has 2 aromatic carbocycles. The predicted molar refractivity (Wildman–Crippen MR) is 77.5 cm³/mol. The van der Waals surface area contributed by atoms with E-state index in [1.54, 1.807) is 6.08 Å². The van der Waals surface area contributed by atoms with Gasteiger partial charge in [-0.1, -0.05) is 30.3 Å². The van der Waals surface area contributed by atoms with Crippen LogP contribution in [0.15, 0.2) is 54.6 Å². The van der Waals surface area contributed by atoms with Gasteiger partial charge in [-0.15, -0.1) is 0 Å². The van der Waals surface area contributed by atoms with Gasteiger partial charge < -0.3 is 10.4 Å². The van der Waals surface area contributed by atoms with Gasteiger partial charge in [-0.25, -0.2) is 9.18 Å². The molecule has 0 aliphatic heterocycles. The Morgan fingerprint density at radius 1 is 1.10 bits per heavy atom. The number of anilines is 1. The summed E-state index contributed by atoms with van der Waals surface area (Å²) in [7, 11) is 0. The summed E-state index contributed by atoms with van der Waals surface area (Å²) in [6.45, 7) is 0. The summed E-state index contributed by atoms with van der Waals surface area (Å²) in [4.78, 5) is 22.8. The topological polar surface area (TPSA) is 66.4 Å². The molecule has 106 valence electrons. The number of rotatable bonds is 4. The molecular formula is C16H12FNO3. The van der Waals surface area contributed by atoms with Gasteiger partial charge in [-0.3, -0.25) is 4.79 Å². The third kappa shape index (κ3) is 4.01. The minimum Gasteiger partial charge on any atom is -0.478 e. The van der Waals surface area contributed by atoms with E-state index < -0.39 is 17.7 Å². The third-order valence-electron chi connectivity index (χ3n) is 2.70. The number of aromatic carboxylic acids is 1. The lowest BCUT2D eigenvalue weighted by molar-refractivity contribution is -0.111. The summed E-state index contributed by atoms with van der Waals surface area (Å²) in [5.41, 5.74) is 0.577. The van der Waals surface area contributed by atoms with Crippen LogP contribution >= 0.6 is 0 Å². The first-order chi connectivity index (χ1) is 10.1. The molecule has 0 heterocycles. The summed E-state index contributed by atoms with van der Waals surface area (Å²) in [5, 5.41) is 11.3. The van der Waals surface area contributed by atoms with E-state index in [1.165, 1.54) is 6.08 Å². The van der Waals surface area contributed by atoms with Crippen LogP contribution in [0.5, 0.6) is 0 Å². The Balaban J connectivity index is 2.15. The number of hydrogen-bond donors (Lipinski definition) is 2. The Kier molecular flexibility index (Phi) is 4.46. The number of benzene rings is 2. The van der Waals surface area contributed by atoms with Crippen molar-refractivity contribution in [1.29, 1.82) is 0 Å². The molecule has 0 atom stereocenters. The Morgan fingerprint density at radius 2 is 1.81 bits per heavy atom. The highest BCUT2D eigenvalue weighted by Crippen LogP contribution is 2.17. The highest BCUT2D eigenvalue weighted by Gasteiger charge is 2.12. The standard InChI is InChI=1S/C16H12FNO3/c17-12-7-8-13(16(20)21)14(10-12)18-15(19)9-6-11-4-2-1-3-5-11/h1-10H,(H,18,19)(H,20,21)/b9-6+. The third-order valence-corrected chi connectivity index (χ3v) is 2.70. The van der Waals surface area contributed by atoms with Gasteiger partial charge in [0.1, 0.15) is 5.82 Å². The first-order valence-electron chi connectivity index (χ1n) is 6.13. The number of halogens is 1. The maximum absolute atomic E-state index is 13.1. The number of amides is 1. The molecule has 0 radical (unpaired) electrons. The summed E-state index contributed by atoms with van der Waals surface area (Å²) < 4.78 is 13.1. The number of hydrogen-bond acceptors (Lipinski definition) is 2. The second-order valence-electron chi connectivity index (χ2n) is 4.23. The Morgan fingerprint density at radius 3 is 2.48 bits per heavy atom. The van der Waals surface area contributed by atoms with Gasteiger partial charge in [0.05, 0.1) is 11.3 Å². The Labute approximate surface area is 120 Å². The van der Waals surface area contributed by atoms with Gasteiger partial charge in [0, 0.05) is 6.08 Å². The molecular weight excluding hydrogens is 273 g/mol. The molecule has 0 saturated carbocycles. The zero-order chi connectivity index (χ0) is 15.2. The van der Waals surface area contributed by atoms with E-state index in [4.69, 9.17) is 5.11 Å². The average Bonchev–Trinajstić information content (AvgIpc) is 2.46. The monoisotopic (exact) mass is 285 g/mol. The lowest BCUT2D eigenvalue weighted by Gasteiger charge is -2.06. The van der Waals surface area contributed by atoms with Crippen molar-refractivity contribution in [3.8, 4) is 0 Å². The van der Waals surface area contributed by atoms with Crippen LogP contribution in [0.1, 0.15) is 15.9 Å². The van der Waals surface area contributed by atoms with Gasteiger partial charge >= 0.3 is 5.97 Å². The fraction of sp³-hybridized carbons (Fsp3) is 0. The summed E-state index contributed by atoms with van der Waals surface area (Å²) in [6, 6.07) is 12.2. The summed E-state index contributed by atoms with van der Waals surface area (Å²) in [6.07, 6.45) is 2.83. The fourth-order valence-corrected chi connectivity index (χ4v) is 1.72. The van der Waals surface area contributed by atoms with Gasteiger partial charge in [-0.05, 0) is 29.8 Å². The van der Waals surface area contributed by atoms with Crippen LogP contribution in [-0.4, -0.2) is 17.0 Å². The molecule has 0 aliphatic rings. The highest BCUT2D eigenvalue weighted by molar-refractivity contribution is 6.06. The van der Waals surface area contributed by atoms with Crippen molar-refractivity contribution in [3.63, 3.8) is 0 Å². The van der Waals surface area contributed by atoms with Crippen molar-refractivity contribution >= 4 is 23.6 Å². The van der Waals surface area contributed by atoms with Crippen molar-refractivity contribution in [3.05, 3.63) is 71.6 Å². The van der Waals surface area contributed by atoms with E-state index in [1.807, 2.05) is 30.3 Å². The lowest BCUT2D eigenvalue weighted by atomic mass is 10.1. The molecule has 0 saturated heterocycles. The minimum atomic E-state index is -1.24. The quantitative estimate of drug-likeness (QED) is 0.848. The molecule has 2 rings (SSSR count). The van der Waals surface area contributed by atoms with Crippen molar-refractivity contribution < 1.29 is 19.1 Å². The normalized spacial score (nSPS) is 10.5. The van der Waals surface area contributed by atoms with Crippen LogP contribution in [-0.2, 0) is 4.79 Å². The van der Waals surface area contributed by atoms with E-state index in [0.717, 1.165) is 23.8 Å². The van der Waals surface area contributed by atoms with Crippen LogP contribution in [0.4, 0.5) is 10.1 Å². The van der Waals surface area contributed by atoms with Gasteiger partial charge in [0.15, 0.2) is 0 Å². The predicted octanol–water partition coefficient (Wildman–Crippen LogP) is 3.18. The SMILES string of the molecule is O=C(/C=C/c1ccccc1)Nc1cc(F)ccc1C(=O)O. The van der Waals surface area contributed by atoms with Crippen LogP contribution in [0.25, 0.3) is 6.08 Å². The Hall–Kier alpha value is -2.95. The maximum atomic E-state index is 13.1. The van der Waals surface area contributed by atoms with Crippen molar-refractivity contribution in [2.24, 2.45) is 0 Å². The summed E-state index contributed by atoms with van der Waals surface area (Å²) >= 11 is 0. The maximum Gasteiger partial charge on any atom is 0.337 e. The van der Waals surface area contributed by atoms with Gasteiger partial charge in [-0.2, -0.15) is 0 Å². The molecule has 21 heavy (non-hydrogen) atoms. The number of carbonyl (C=O) groups is 2. The zero-order valence-electron chi connectivity index (χ0n) is 10.9. The molecule has 0 aromatic heterocycles. The van der Waals surface area contributed by atoms with Crippen LogP contribution < -0.4 is 5.32 Å². The lowest BCUT2D eigenvalue weighted by Crippen LogP contribution is -2.12. The smallest absolute Gasteiger partial charge is 0.337 e. The highest BCUT2D eigenvalue weighted by atomic mass is 19.1. The molecule has 0 bridgehead atoms. The van der Waals surface area contributed by atoms with E-state index in [9.17, 15) is 14.0 Å². The molecule has 0 unspecified atom stereocenters. The van der Waals surface area contributed by atoms with E-state index in [0.29, 0.717) is 0 Å². The first-order valence-corrected chi connectivity index (χ1v) is 6.13. The largest absolute Gasteiger partial charge is 0.478 e. The first kappa shape index (κ1) is 14.5. The molecule has 5 heteroatoms. The van der Waals surface area contributed by atoms with Crippen LogP contribution in [0, 0.1) is 5.82 Å². The van der Waals surface area contributed by atoms with E-state index in [2.05, 4.69) is 5.32 Å². The second kappa shape index (κ2) is 6.47. The van der Waals surface area contributed by atoms with Crippen LogP contribution in [0.3, 0.4) is 0 Å². The average molecular weight is 285 g/mol. The molecule has 4 nitrogen and oxygen atoms in total. The minimum absolute atomic E-state index is 0.0785. The van der Waals surface area contributed by atoms with Crippen molar-refractivity contribution in [2.45, 2.75) is 0 Å². The van der Waals surface area contributed by atoms with E-state index >= 15 is 0 Å². The fourth-order valence-electron chi connectivity index (χ4n) is 1.72. The molecule has 2 aromatic rings. The zero-order valence-corrected chi connectivity index (χ0v) is 10.9. The molecule has 2 N–H and O–H groups in total. The summed E-state index contributed by atoms with van der Waals surface area (Å²) in [5.74, 6) is -2.40. The van der Waals surface area contributed by atoms with E-state index in [-0.39, 0.29) is 11.3 Å². The van der Waals surface area contributed by atoms with Crippen molar-refractivity contribution in [2.75, 3.05) is 5.32 Å². The number of carboxylic acid groups (broad SMARTS) is 1. The number of carbonyl (C=O) groups excluding carboxylic acids is 1. The van der Waals surface area contributed by atoms with Crippen LogP contribution in [0.2, 0.25) is 0 Å².